The van der Waals surface area contributed by atoms with Crippen LogP contribution in [-0.4, -0.2) is 169 Å². The predicted molar refractivity (Wildman–Crippen MR) is 553 cm³/mol. The first kappa shape index (κ1) is 141. The Balaban J connectivity index is -0.000000489. The lowest BCUT2D eigenvalue weighted by Crippen LogP contribution is -2.40. The van der Waals surface area contributed by atoms with Crippen molar-refractivity contribution in [1.82, 2.24) is 0 Å². The Labute approximate surface area is 857 Å². The molecule has 4 aromatic rings. The first-order valence-corrected chi connectivity index (χ1v) is 49.4. The number of hydrogen-bond donors (Lipinski definition) is 0. The van der Waals surface area contributed by atoms with E-state index >= 15 is 0 Å². The highest BCUT2D eigenvalue weighted by molar-refractivity contribution is 6.20. The Kier molecular flexibility index (Phi) is 77.3. The van der Waals surface area contributed by atoms with E-state index in [0.717, 1.165) is 63.1 Å². The van der Waals surface area contributed by atoms with Gasteiger partial charge in [0.1, 0.15) is 152 Å². The van der Waals surface area contributed by atoms with Gasteiger partial charge in [-0.3, -0.25) is 120 Å². The average Bonchev–Trinajstić information content (AvgIpc) is 1.21. The molecule has 29 nitrogen and oxygen atoms in total. The van der Waals surface area contributed by atoms with Crippen LogP contribution in [-0.2, 0) is 125 Å². The smallest absolute Gasteiger partial charge is 0.170 e. The van der Waals surface area contributed by atoms with Crippen LogP contribution in [0.5, 0.6) is 0 Å². The van der Waals surface area contributed by atoms with Crippen molar-refractivity contribution in [2.45, 2.75) is 358 Å². The number of aldehydes is 2. The highest BCUT2D eigenvalue weighted by Gasteiger charge is 2.42. The summed E-state index contributed by atoms with van der Waals surface area (Å²) in [6, 6.07) is 35.7. The molecule has 29 heteroatoms. The molecular formula is C116H160O29. The van der Waals surface area contributed by atoms with E-state index in [-0.39, 0.29) is 229 Å². The Morgan fingerprint density at radius 3 is 1.01 bits per heavy atom. The summed E-state index contributed by atoms with van der Waals surface area (Å²) in [5.74, 6) is -2.77. The molecule has 2 unspecified atom stereocenters. The van der Waals surface area contributed by atoms with Gasteiger partial charge < -0.3 is 19.2 Å². The third kappa shape index (κ3) is 73.1. The molecule has 0 amide bonds. The van der Waals surface area contributed by atoms with Gasteiger partial charge in [0.25, 0.3) is 0 Å². The molecule has 0 aromatic heterocycles. The summed E-state index contributed by atoms with van der Waals surface area (Å²) >= 11 is 0. The number of benzene rings is 4. The molecule has 145 heavy (non-hydrogen) atoms. The number of carbonyl (C=O) groups excluding carboxylic acids is 29. The highest BCUT2D eigenvalue weighted by Crippen LogP contribution is 2.34. The molecule has 798 valence electrons. The van der Waals surface area contributed by atoms with Crippen LogP contribution in [0.2, 0.25) is 0 Å². The normalized spacial score (nSPS) is 14.5. The largest absolute Gasteiger partial charge is 0.303 e. The summed E-state index contributed by atoms with van der Waals surface area (Å²) in [6.45, 7) is 39.7. The van der Waals surface area contributed by atoms with Crippen molar-refractivity contribution in [2.75, 3.05) is 0 Å². The minimum Gasteiger partial charge on any atom is -0.303 e. The molecule has 0 aliphatic heterocycles. The fourth-order valence-corrected chi connectivity index (χ4v) is 13.6. The second-order valence-corrected chi connectivity index (χ2v) is 38.6. The molecule has 0 spiro atoms. The van der Waals surface area contributed by atoms with Gasteiger partial charge >= 0.3 is 0 Å². The van der Waals surface area contributed by atoms with E-state index in [0.29, 0.717) is 125 Å². The number of rotatable bonds is 34. The van der Waals surface area contributed by atoms with Gasteiger partial charge in [-0.1, -0.05) is 204 Å². The van der Waals surface area contributed by atoms with Gasteiger partial charge in [0.2, 0.25) is 0 Å². The summed E-state index contributed by atoms with van der Waals surface area (Å²) in [6.07, 6.45) is 16.6. The summed E-state index contributed by atoms with van der Waals surface area (Å²) < 4.78 is 0. The van der Waals surface area contributed by atoms with E-state index in [2.05, 4.69) is 0 Å². The van der Waals surface area contributed by atoms with Crippen LogP contribution in [0.25, 0.3) is 0 Å². The molecule has 2 atom stereocenters. The maximum atomic E-state index is 11.8. The zero-order chi connectivity index (χ0) is 113. The van der Waals surface area contributed by atoms with Gasteiger partial charge in [-0.15, -0.1) is 0 Å². The van der Waals surface area contributed by atoms with E-state index in [1.165, 1.54) is 83.1 Å². The number of carbonyl (C=O) groups is 29. The molecule has 5 saturated carbocycles. The molecule has 0 heterocycles. The van der Waals surface area contributed by atoms with Gasteiger partial charge in [0, 0.05) is 118 Å². The topological polar surface area (TPSA) is 495 Å². The van der Waals surface area contributed by atoms with Crippen molar-refractivity contribution in [2.24, 2.45) is 52.3 Å². The van der Waals surface area contributed by atoms with Crippen molar-refractivity contribution in [3.8, 4) is 0 Å². The first-order valence-electron chi connectivity index (χ1n) is 49.4. The van der Waals surface area contributed by atoms with E-state index in [1.807, 2.05) is 113 Å². The van der Waals surface area contributed by atoms with Gasteiger partial charge in [-0.2, -0.15) is 0 Å². The quantitative estimate of drug-likeness (QED) is 0.0181. The Bertz CT molecular complexity index is 4790. The van der Waals surface area contributed by atoms with Crippen molar-refractivity contribution in [1.29, 1.82) is 0 Å². The molecule has 5 fully saturated rings. The molecule has 5 aliphatic carbocycles. The minimum atomic E-state index is -0.965. The van der Waals surface area contributed by atoms with Crippen molar-refractivity contribution in [3.05, 3.63) is 144 Å². The summed E-state index contributed by atoms with van der Waals surface area (Å²) in [7, 11) is 0. The molecular weight excluding hydrogens is 1860 g/mol. The molecule has 0 saturated heterocycles. The Morgan fingerprint density at radius 2 is 0.752 bits per heavy atom. The van der Waals surface area contributed by atoms with E-state index in [9.17, 15) is 139 Å². The van der Waals surface area contributed by atoms with Crippen LogP contribution in [0, 0.1) is 52.3 Å². The van der Waals surface area contributed by atoms with Crippen LogP contribution in [0.15, 0.2) is 121 Å². The zero-order valence-electron chi connectivity index (χ0n) is 90.2. The standard InChI is InChI=1S/C15H12O2.C11H12O2.C11H20O2.C10H14O3.C10H10O2.C9H16O2.C8H12O2.C7H10O2.C7H12O2.C6H8O2.2C6H10O2.C5H6O2.C5H8O2/c16-14(12-7-3-1-4-8-12)11-15(17)13-9-5-2-6-10-13;1-8(12)11(9(2)13)10-6-4-3-5-7-10;1-8(2)6-9(12)7-10(13)11(3,4)5;1-6(11)9-7(12)4-10(2,3)5-8(9)13;1-8(11)7-10(12)9-5-3-2-4-6-9;1-4-5-8(10)6-9(11)7(2)3;1-6(9)7-4-2-3-5-8(7)10;1-5(8)6-3-2-4-7(6)9;1-4-7(5(2)8)6(3)9;7-5-2-1-3-6(8)4-5;1-4(5(2)7)6(3)8;1-6(8)4-2-3-5-7;6-4-1-2-5(7)3-4;1-5(7)3-2-4-6/h1-10H,11H2;3-7,11H,1-2H3;8H,6-7H2,1-5H3;9H,4-5H2,1-3H3;2-6H,7H2,1H3;7H,4-6H2,1-3H3;7H,2-5H2,1H3;6H,2-4H2,1H3;7H,4H2,1-3H3;1-4H2;4H,1-3H3;5H,2-4H2,1H3;1-3H2;4H,2-3H2,1H3. The van der Waals surface area contributed by atoms with E-state index in [1.54, 1.807) is 91.9 Å². The van der Waals surface area contributed by atoms with Crippen molar-refractivity contribution >= 4 is 169 Å². The number of ketones is 27. The van der Waals surface area contributed by atoms with E-state index < -0.39 is 17.8 Å². The lowest BCUT2D eigenvalue weighted by molar-refractivity contribution is -0.145. The van der Waals surface area contributed by atoms with E-state index in [4.69, 9.17) is 0 Å². The van der Waals surface area contributed by atoms with Crippen molar-refractivity contribution < 1.29 is 139 Å². The van der Waals surface area contributed by atoms with Gasteiger partial charge in [0.05, 0.1) is 62.2 Å². The SMILES string of the molecule is CC(=O)C(C(C)=O)c1ccccc1.CC(=O)C(C)C(C)=O.CC(=O)C1C(=O)CC(C)(C)CC1=O.CC(=O)C1CCCC1=O.CC(=O)C1CCCCC1=O.CC(=O)CC(=O)c1ccccc1.CC(=O)CCC=O.CC(=O)CCCC=O.CC(C)CC(=O)CC(=O)C(C)(C)C.CCC(C(C)=O)C(C)=O.CCCC(=O)CC(=O)C(C)C.O=C(CC(=O)c1ccccc1)c1ccccc1.O=C1CCC(=O)C1.O=C1CCCC(=O)C1. The highest BCUT2D eigenvalue weighted by atomic mass is 16.2. The Hall–Kier alpha value is -12.7. The third-order valence-corrected chi connectivity index (χ3v) is 22.0. The van der Waals surface area contributed by atoms with Gasteiger partial charge in [-0.25, -0.2) is 0 Å². The molecule has 0 bridgehead atoms. The van der Waals surface area contributed by atoms with Crippen LogP contribution in [0.3, 0.4) is 0 Å². The fourth-order valence-electron chi connectivity index (χ4n) is 13.6. The molecule has 4 aromatic carbocycles. The monoisotopic (exact) mass is 2020 g/mol. The lowest BCUT2D eigenvalue weighted by Gasteiger charge is -2.30. The second-order valence-electron chi connectivity index (χ2n) is 38.6. The molecule has 5 aliphatic rings. The zero-order valence-corrected chi connectivity index (χ0v) is 90.2. The molecule has 0 N–H and O–H groups in total. The fraction of sp³-hybridized carbons (Fsp3) is 0.543. The summed E-state index contributed by atoms with van der Waals surface area (Å²) in [4.78, 5) is 312. The third-order valence-electron chi connectivity index (χ3n) is 22.0. The number of hydrogen-bond acceptors (Lipinski definition) is 29. The lowest BCUT2D eigenvalue weighted by atomic mass is 9.70. The summed E-state index contributed by atoms with van der Waals surface area (Å²) in [5.41, 5.74) is 1.90. The molecule has 9 rings (SSSR count). The second kappa shape index (κ2) is 79.7. The minimum absolute atomic E-state index is 0.00388. The first-order chi connectivity index (χ1) is 67.4. The maximum Gasteiger partial charge on any atom is 0.170 e. The van der Waals surface area contributed by atoms with Crippen LogP contribution >= 0.6 is 0 Å². The van der Waals surface area contributed by atoms with Crippen molar-refractivity contribution in [3.63, 3.8) is 0 Å². The average molecular weight is 2020 g/mol. The van der Waals surface area contributed by atoms with Crippen LogP contribution in [0.1, 0.15) is 395 Å². The van der Waals surface area contributed by atoms with Gasteiger partial charge in [0.15, 0.2) is 28.9 Å². The van der Waals surface area contributed by atoms with Crippen LogP contribution in [0.4, 0.5) is 0 Å². The molecule has 0 radical (unpaired) electrons. The predicted octanol–water partition coefficient (Wildman–Crippen LogP) is 19.4. The van der Waals surface area contributed by atoms with Crippen LogP contribution < -0.4 is 0 Å². The maximum absolute atomic E-state index is 11.8. The Morgan fingerprint density at radius 1 is 0.379 bits per heavy atom. The number of Topliss-reactive ketones (excluding diaryl/α,β-unsaturated/α-hetero) is 27. The van der Waals surface area contributed by atoms with Gasteiger partial charge in [-0.05, 0) is 158 Å². The number of unbranched alkanes of at least 4 members (excludes halogenated alkanes) is 1. The summed E-state index contributed by atoms with van der Waals surface area (Å²) in [5, 5.41) is 0.